The Morgan fingerprint density at radius 3 is 2.83 bits per heavy atom. The lowest BCUT2D eigenvalue weighted by Gasteiger charge is -2.08. The Morgan fingerprint density at radius 1 is 1.10 bits per heavy atom. The number of ether oxygens (including phenoxy) is 2. The average molecular weight is 391 g/mol. The summed E-state index contributed by atoms with van der Waals surface area (Å²) in [6, 6.07) is 13.9. The molecule has 2 aromatic heterocycles. The molecular weight excluding hydrogens is 366 g/mol. The summed E-state index contributed by atoms with van der Waals surface area (Å²) in [5.74, 6) is 1.73. The Hall–Kier alpha value is -3.41. The maximum atomic E-state index is 12.3. The van der Waals surface area contributed by atoms with Gasteiger partial charge in [0.25, 0.3) is 0 Å². The van der Waals surface area contributed by atoms with Gasteiger partial charge in [-0.3, -0.25) is 4.79 Å². The predicted molar refractivity (Wildman–Crippen MR) is 115 cm³/mol. The second-order valence-electron chi connectivity index (χ2n) is 6.98. The number of aromatic nitrogens is 2. The van der Waals surface area contributed by atoms with E-state index in [-0.39, 0.29) is 5.91 Å². The largest absolute Gasteiger partial charge is 0.497 e. The lowest BCUT2D eigenvalue weighted by atomic mass is 10.1. The molecule has 0 unspecified atom stereocenters. The van der Waals surface area contributed by atoms with Crippen LogP contribution < -0.4 is 14.8 Å². The molecule has 0 saturated heterocycles. The van der Waals surface area contributed by atoms with E-state index in [1.807, 2.05) is 54.9 Å². The van der Waals surface area contributed by atoms with Crippen molar-refractivity contribution in [3.05, 3.63) is 60.4 Å². The molecule has 6 nitrogen and oxygen atoms in total. The third-order valence-electron chi connectivity index (χ3n) is 5.26. The van der Waals surface area contributed by atoms with Gasteiger partial charge in [-0.15, -0.1) is 0 Å². The SMILES string of the molecule is COc1ccc2[nH]cc(CCNC(=O)CCn3ccc4c(OC)cccc43)c2c1. The summed E-state index contributed by atoms with van der Waals surface area (Å²) in [5.41, 5.74) is 3.31. The van der Waals surface area contributed by atoms with E-state index in [4.69, 9.17) is 9.47 Å². The minimum Gasteiger partial charge on any atom is -0.497 e. The molecule has 0 bridgehead atoms. The Labute approximate surface area is 169 Å². The first-order valence-corrected chi connectivity index (χ1v) is 9.72. The number of nitrogens with one attached hydrogen (secondary N) is 2. The van der Waals surface area contributed by atoms with Gasteiger partial charge in [0, 0.05) is 48.2 Å². The lowest BCUT2D eigenvalue weighted by molar-refractivity contribution is -0.121. The summed E-state index contributed by atoms with van der Waals surface area (Å²) in [6.07, 6.45) is 5.20. The predicted octanol–water partition coefficient (Wildman–Crippen LogP) is 3.89. The van der Waals surface area contributed by atoms with Crippen molar-refractivity contribution in [1.29, 1.82) is 0 Å². The molecule has 29 heavy (non-hydrogen) atoms. The number of aryl methyl sites for hydroxylation is 1. The number of H-pyrrole nitrogens is 1. The monoisotopic (exact) mass is 391 g/mol. The minimum absolute atomic E-state index is 0.0483. The quantitative estimate of drug-likeness (QED) is 0.479. The number of rotatable bonds is 8. The number of amides is 1. The number of carbonyl (C=O) groups is 1. The van der Waals surface area contributed by atoms with Crippen molar-refractivity contribution in [2.75, 3.05) is 20.8 Å². The summed E-state index contributed by atoms with van der Waals surface area (Å²) in [7, 11) is 3.33. The number of hydrogen-bond acceptors (Lipinski definition) is 3. The standard InChI is InChI=1S/C23H25N3O3/c1-28-17-6-7-20-19(14-17)16(15-25-20)8-11-24-23(27)10-13-26-12-9-18-21(26)4-3-5-22(18)29-2/h3-7,9,12,14-15,25H,8,10-11,13H2,1-2H3,(H,24,27). The normalized spacial score (nSPS) is 11.1. The zero-order valence-corrected chi connectivity index (χ0v) is 16.7. The van der Waals surface area contributed by atoms with Crippen LogP contribution in [0.25, 0.3) is 21.8 Å². The number of aromatic amines is 1. The first-order chi connectivity index (χ1) is 14.2. The van der Waals surface area contributed by atoms with E-state index in [1.54, 1.807) is 14.2 Å². The van der Waals surface area contributed by atoms with E-state index in [0.29, 0.717) is 19.5 Å². The van der Waals surface area contributed by atoms with Gasteiger partial charge in [0.05, 0.1) is 19.7 Å². The molecule has 0 aliphatic carbocycles. The molecule has 1 amide bonds. The number of nitrogens with zero attached hydrogens (tertiary/aromatic N) is 1. The molecule has 6 heteroatoms. The van der Waals surface area contributed by atoms with Crippen LogP contribution in [0.3, 0.4) is 0 Å². The Balaban J connectivity index is 1.32. The van der Waals surface area contributed by atoms with Gasteiger partial charge in [0.2, 0.25) is 5.91 Å². The summed E-state index contributed by atoms with van der Waals surface area (Å²) < 4.78 is 12.8. The maximum Gasteiger partial charge on any atom is 0.221 e. The highest BCUT2D eigenvalue weighted by Gasteiger charge is 2.09. The van der Waals surface area contributed by atoms with Crippen molar-refractivity contribution in [3.63, 3.8) is 0 Å². The van der Waals surface area contributed by atoms with Crippen LogP contribution >= 0.6 is 0 Å². The summed E-state index contributed by atoms with van der Waals surface area (Å²) >= 11 is 0. The third kappa shape index (κ3) is 3.92. The smallest absolute Gasteiger partial charge is 0.221 e. The first-order valence-electron chi connectivity index (χ1n) is 9.72. The van der Waals surface area contributed by atoms with Crippen molar-refractivity contribution in [1.82, 2.24) is 14.9 Å². The fourth-order valence-electron chi connectivity index (χ4n) is 3.71. The van der Waals surface area contributed by atoms with E-state index < -0.39 is 0 Å². The van der Waals surface area contributed by atoms with Crippen molar-refractivity contribution >= 4 is 27.7 Å². The molecule has 2 heterocycles. The molecule has 0 fully saturated rings. The molecule has 0 saturated carbocycles. The van der Waals surface area contributed by atoms with Crippen molar-refractivity contribution in [2.24, 2.45) is 0 Å². The van der Waals surface area contributed by atoms with Crippen LogP contribution in [-0.2, 0) is 17.8 Å². The lowest BCUT2D eigenvalue weighted by Crippen LogP contribution is -2.26. The molecular formula is C23H25N3O3. The van der Waals surface area contributed by atoms with Gasteiger partial charge in [0.15, 0.2) is 0 Å². The topological polar surface area (TPSA) is 68.3 Å². The van der Waals surface area contributed by atoms with Crippen molar-refractivity contribution in [2.45, 2.75) is 19.4 Å². The summed E-state index contributed by atoms with van der Waals surface area (Å²) in [4.78, 5) is 15.6. The van der Waals surface area contributed by atoms with Gasteiger partial charge in [-0.2, -0.15) is 0 Å². The molecule has 0 radical (unpaired) electrons. The van der Waals surface area contributed by atoms with Gasteiger partial charge < -0.3 is 24.3 Å². The Bertz CT molecular complexity index is 1140. The highest BCUT2D eigenvalue weighted by molar-refractivity contribution is 5.87. The highest BCUT2D eigenvalue weighted by Crippen LogP contribution is 2.26. The highest BCUT2D eigenvalue weighted by atomic mass is 16.5. The van der Waals surface area contributed by atoms with E-state index in [9.17, 15) is 4.79 Å². The Morgan fingerprint density at radius 2 is 2.00 bits per heavy atom. The van der Waals surface area contributed by atoms with Gasteiger partial charge >= 0.3 is 0 Å². The van der Waals surface area contributed by atoms with Crippen LogP contribution in [0.1, 0.15) is 12.0 Å². The van der Waals surface area contributed by atoms with Gasteiger partial charge in [0.1, 0.15) is 11.5 Å². The second kappa shape index (κ2) is 8.31. The van der Waals surface area contributed by atoms with Gasteiger partial charge in [-0.05, 0) is 48.4 Å². The molecule has 4 aromatic rings. The van der Waals surface area contributed by atoms with Crippen LogP contribution in [-0.4, -0.2) is 36.2 Å². The maximum absolute atomic E-state index is 12.3. The van der Waals surface area contributed by atoms with E-state index >= 15 is 0 Å². The average Bonchev–Trinajstić information content (AvgIpc) is 3.35. The fourth-order valence-corrected chi connectivity index (χ4v) is 3.71. The van der Waals surface area contributed by atoms with Crippen molar-refractivity contribution < 1.29 is 14.3 Å². The van der Waals surface area contributed by atoms with Crippen LogP contribution in [0.5, 0.6) is 11.5 Å². The summed E-state index contributed by atoms with van der Waals surface area (Å²) in [6.45, 7) is 1.23. The van der Waals surface area contributed by atoms with E-state index in [0.717, 1.165) is 39.7 Å². The number of hydrogen-bond donors (Lipinski definition) is 2. The molecule has 2 aromatic carbocycles. The molecule has 0 aliphatic heterocycles. The van der Waals surface area contributed by atoms with Crippen molar-refractivity contribution in [3.8, 4) is 11.5 Å². The number of carbonyl (C=O) groups excluding carboxylic acids is 1. The molecule has 150 valence electrons. The summed E-state index contributed by atoms with van der Waals surface area (Å²) in [5, 5.41) is 5.22. The number of methoxy groups -OCH3 is 2. The van der Waals surface area contributed by atoms with Gasteiger partial charge in [-0.1, -0.05) is 6.07 Å². The molecule has 0 aliphatic rings. The molecule has 2 N–H and O–H groups in total. The van der Waals surface area contributed by atoms with E-state index in [1.165, 1.54) is 5.56 Å². The third-order valence-corrected chi connectivity index (χ3v) is 5.26. The van der Waals surface area contributed by atoms with Crippen LogP contribution in [0.4, 0.5) is 0 Å². The Kier molecular flexibility index (Phi) is 5.42. The first kappa shape index (κ1) is 18.9. The molecule has 0 spiro atoms. The van der Waals surface area contributed by atoms with Crippen LogP contribution in [0, 0.1) is 0 Å². The zero-order chi connectivity index (χ0) is 20.2. The van der Waals surface area contributed by atoms with Gasteiger partial charge in [-0.25, -0.2) is 0 Å². The van der Waals surface area contributed by atoms with Crippen LogP contribution in [0.15, 0.2) is 54.9 Å². The molecule has 4 rings (SSSR count). The minimum atomic E-state index is 0.0483. The second-order valence-corrected chi connectivity index (χ2v) is 6.98. The number of benzene rings is 2. The zero-order valence-electron chi connectivity index (χ0n) is 16.7. The van der Waals surface area contributed by atoms with E-state index in [2.05, 4.69) is 14.9 Å². The fraction of sp³-hybridized carbons (Fsp3) is 0.261. The molecule has 0 atom stereocenters. The number of fused-ring (bicyclic) bond motifs is 2. The van der Waals surface area contributed by atoms with Crippen LogP contribution in [0.2, 0.25) is 0 Å².